The van der Waals surface area contributed by atoms with Gasteiger partial charge in [-0.15, -0.1) is 0 Å². The zero-order valence-corrected chi connectivity index (χ0v) is 18.1. The molecule has 1 fully saturated rings. The van der Waals surface area contributed by atoms with Crippen LogP contribution < -0.4 is 10.4 Å². The maximum Gasteiger partial charge on any atom is 0.336 e. The molecule has 2 heterocycles. The summed E-state index contributed by atoms with van der Waals surface area (Å²) in [6, 6.07) is 15.6. The summed E-state index contributed by atoms with van der Waals surface area (Å²) in [7, 11) is 1.59. The second-order valence-corrected chi connectivity index (χ2v) is 8.05. The number of fused-ring (bicyclic) bond motifs is 1. The molecule has 0 atom stereocenters. The van der Waals surface area contributed by atoms with Crippen molar-refractivity contribution in [1.29, 1.82) is 0 Å². The van der Waals surface area contributed by atoms with Gasteiger partial charge in [0.05, 0.1) is 7.11 Å². The van der Waals surface area contributed by atoms with E-state index in [1.165, 1.54) is 11.6 Å². The smallest absolute Gasteiger partial charge is 0.336 e. The maximum atomic E-state index is 12.8. The average Bonchev–Trinajstić information content (AvgIpc) is 2.78. The molecule has 6 heteroatoms. The lowest BCUT2D eigenvalue weighted by Gasteiger charge is -2.35. The zero-order valence-electron chi connectivity index (χ0n) is 18.1. The van der Waals surface area contributed by atoms with E-state index >= 15 is 0 Å². The molecule has 0 aliphatic carbocycles. The molecule has 0 unspecified atom stereocenters. The van der Waals surface area contributed by atoms with Gasteiger partial charge in [0.25, 0.3) is 0 Å². The highest BCUT2D eigenvalue weighted by Gasteiger charge is 2.21. The molecular formula is C25H28N2O4. The number of hydrogen-bond donors (Lipinski definition) is 0. The third-order valence-electron chi connectivity index (χ3n) is 5.93. The Kier molecular flexibility index (Phi) is 6.37. The Balaban J connectivity index is 1.36. The number of rotatable bonds is 6. The fourth-order valence-corrected chi connectivity index (χ4v) is 4.17. The number of ether oxygens (including phenoxy) is 1. The number of piperazine rings is 1. The Hall–Kier alpha value is -3.12. The van der Waals surface area contributed by atoms with Crippen LogP contribution in [0.15, 0.2) is 57.7 Å². The molecule has 0 bridgehead atoms. The second kappa shape index (κ2) is 9.35. The Morgan fingerprint density at radius 3 is 2.52 bits per heavy atom. The van der Waals surface area contributed by atoms with Crippen LogP contribution in [0.3, 0.4) is 0 Å². The van der Waals surface area contributed by atoms with Crippen molar-refractivity contribution in [3.05, 3.63) is 75.6 Å². The molecule has 2 aromatic carbocycles. The van der Waals surface area contributed by atoms with Crippen LogP contribution in [0, 0.1) is 6.92 Å². The van der Waals surface area contributed by atoms with E-state index in [2.05, 4.69) is 29.2 Å². The van der Waals surface area contributed by atoms with E-state index in [0.29, 0.717) is 24.2 Å². The summed E-state index contributed by atoms with van der Waals surface area (Å²) >= 11 is 0. The summed E-state index contributed by atoms with van der Waals surface area (Å²) in [6.07, 6.45) is 1.01. The lowest BCUT2D eigenvalue weighted by molar-refractivity contribution is -0.133. The van der Waals surface area contributed by atoms with Gasteiger partial charge in [0.1, 0.15) is 11.3 Å². The molecule has 0 radical (unpaired) electrons. The molecule has 0 spiro atoms. The fourth-order valence-electron chi connectivity index (χ4n) is 4.17. The highest BCUT2D eigenvalue weighted by molar-refractivity contribution is 5.83. The fraction of sp³-hybridized carbons (Fsp3) is 0.360. The summed E-state index contributed by atoms with van der Waals surface area (Å²) < 4.78 is 10.8. The molecule has 1 saturated heterocycles. The van der Waals surface area contributed by atoms with Crippen molar-refractivity contribution in [2.75, 3.05) is 33.3 Å². The monoisotopic (exact) mass is 420 g/mol. The number of amides is 1. The molecule has 4 rings (SSSR count). The molecule has 31 heavy (non-hydrogen) atoms. The Morgan fingerprint density at radius 1 is 1.06 bits per heavy atom. The van der Waals surface area contributed by atoms with E-state index in [1.54, 1.807) is 13.2 Å². The summed E-state index contributed by atoms with van der Waals surface area (Å²) in [5.74, 6) is 0.805. The first-order valence-corrected chi connectivity index (χ1v) is 10.7. The lowest BCUT2D eigenvalue weighted by atomic mass is 10.0. The predicted octanol–water partition coefficient (Wildman–Crippen LogP) is 3.39. The van der Waals surface area contributed by atoms with Gasteiger partial charge in [-0.1, -0.05) is 30.3 Å². The van der Waals surface area contributed by atoms with Crippen LogP contribution in [0.4, 0.5) is 0 Å². The maximum absolute atomic E-state index is 12.8. The number of nitrogens with zero attached hydrogens (tertiary/aromatic N) is 2. The van der Waals surface area contributed by atoms with Crippen molar-refractivity contribution in [3.63, 3.8) is 0 Å². The number of carbonyl (C=O) groups excluding carboxylic acids is 1. The largest absolute Gasteiger partial charge is 0.496 e. The standard InChI is InChI=1S/C25H28N2O4/c1-18-14-25(29)31-23-16-22(30-2)20(15-21(18)23)8-9-24(28)27-12-10-26(11-13-27)17-19-6-4-3-5-7-19/h3-7,14-16H,8-13,17H2,1-2H3. The predicted molar refractivity (Wildman–Crippen MR) is 120 cm³/mol. The third-order valence-corrected chi connectivity index (χ3v) is 5.93. The van der Waals surface area contributed by atoms with Gasteiger partial charge in [-0.3, -0.25) is 9.69 Å². The number of aryl methyl sites for hydroxylation is 2. The van der Waals surface area contributed by atoms with Crippen molar-refractivity contribution >= 4 is 16.9 Å². The van der Waals surface area contributed by atoms with Crippen molar-refractivity contribution in [1.82, 2.24) is 9.80 Å². The zero-order chi connectivity index (χ0) is 21.8. The Bertz CT molecular complexity index is 1120. The summed E-state index contributed by atoms with van der Waals surface area (Å²) in [5.41, 5.74) is 3.24. The van der Waals surface area contributed by atoms with E-state index in [-0.39, 0.29) is 11.5 Å². The van der Waals surface area contributed by atoms with Gasteiger partial charge in [0.15, 0.2) is 0 Å². The van der Waals surface area contributed by atoms with Crippen molar-refractivity contribution in [2.45, 2.75) is 26.3 Å². The first-order valence-electron chi connectivity index (χ1n) is 10.7. The molecule has 1 aliphatic heterocycles. The normalized spacial score (nSPS) is 14.7. The minimum Gasteiger partial charge on any atom is -0.496 e. The van der Waals surface area contributed by atoms with Crippen LogP contribution in [-0.2, 0) is 17.8 Å². The van der Waals surface area contributed by atoms with Crippen molar-refractivity contribution in [3.8, 4) is 5.75 Å². The Morgan fingerprint density at radius 2 is 1.81 bits per heavy atom. The van der Waals surface area contributed by atoms with E-state index in [9.17, 15) is 9.59 Å². The Labute approximate surface area is 182 Å². The van der Waals surface area contributed by atoms with Gasteiger partial charge in [-0.25, -0.2) is 4.79 Å². The lowest BCUT2D eigenvalue weighted by Crippen LogP contribution is -2.48. The minimum absolute atomic E-state index is 0.165. The number of methoxy groups -OCH3 is 1. The van der Waals surface area contributed by atoms with Crippen LogP contribution in [0.2, 0.25) is 0 Å². The van der Waals surface area contributed by atoms with E-state index < -0.39 is 0 Å². The van der Waals surface area contributed by atoms with Crippen LogP contribution in [0.5, 0.6) is 5.75 Å². The summed E-state index contributed by atoms with van der Waals surface area (Å²) in [5, 5.41) is 0.873. The molecule has 0 saturated carbocycles. The molecule has 1 amide bonds. The highest BCUT2D eigenvalue weighted by Crippen LogP contribution is 2.28. The average molecular weight is 421 g/mol. The van der Waals surface area contributed by atoms with Gasteiger partial charge in [0.2, 0.25) is 5.91 Å². The minimum atomic E-state index is -0.374. The SMILES string of the molecule is COc1cc2oc(=O)cc(C)c2cc1CCC(=O)N1CCN(Cc2ccccc2)CC1. The first kappa shape index (κ1) is 21.1. The molecule has 1 aromatic heterocycles. The number of hydrogen-bond acceptors (Lipinski definition) is 5. The number of carbonyl (C=O) groups is 1. The van der Waals surface area contributed by atoms with Crippen LogP contribution in [0.1, 0.15) is 23.1 Å². The third kappa shape index (κ3) is 4.97. The molecule has 0 N–H and O–H groups in total. The number of benzene rings is 2. The molecule has 162 valence electrons. The van der Waals surface area contributed by atoms with E-state index in [1.807, 2.05) is 24.0 Å². The van der Waals surface area contributed by atoms with Crippen LogP contribution >= 0.6 is 0 Å². The van der Waals surface area contributed by atoms with Gasteiger partial charge >= 0.3 is 5.63 Å². The van der Waals surface area contributed by atoms with E-state index in [4.69, 9.17) is 9.15 Å². The van der Waals surface area contributed by atoms with Crippen molar-refractivity contribution in [2.24, 2.45) is 0 Å². The topological polar surface area (TPSA) is 63.0 Å². The summed E-state index contributed by atoms with van der Waals surface area (Å²) in [6.45, 7) is 6.09. The van der Waals surface area contributed by atoms with Gasteiger partial charge < -0.3 is 14.1 Å². The van der Waals surface area contributed by atoms with Gasteiger partial charge in [-0.2, -0.15) is 0 Å². The van der Waals surface area contributed by atoms with Crippen LogP contribution in [0.25, 0.3) is 11.0 Å². The highest BCUT2D eigenvalue weighted by atomic mass is 16.5. The summed E-state index contributed by atoms with van der Waals surface area (Å²) in [4.78, 5) is 28.8. The first-order chi connectivity index (χ1) is 15.0. The van der Waals surface area contributed by atoms with Crippen LogP contribution in [-0.4, -0.2) is 49.0 Å². The molecule has 1 aliphatic rings. The second-order valence-electron chi connectivity index (χ2n) is 8.05. The molecular weight excluding hydrogens is 392 g/mol. The molecule has 3 aromatic rings. The van der Waals surface area contributed by atoms with Gasteiger partial charge in [-0.05, 0) is 36.1 Å². The van der Waals surface area contributed by atoms with E-state index in [0.717, 1.165) is 49.2 Å². The quantitative estimate of drug-likeness (QED) is 0.572. The molecule has 6 nitrogen and oxygen atoms in total. The van der Waals surface area contributed by atoms with Crippen molar-refractivity contribution < 1.29 is 13.9 Å². The van der Waals surface area contributed by atoms with Gasteiger partial charge in [0, 0.05) is 56.7 Å².